The molecule has 0 aliphatic carbocycles. The summed E-state index contributed by atoms with van der Waals surface area (Å²) in [4.78, 5) is 14.8. The molecule has 4 nitrogen and oxygen atoms in total. The highest BCUT2D eigenvalue weighted by Crippen LogP contribution is 2.32. The smallest absolute Gasteiger partial charge is 0.253 e. The maximum absolute atomic E-state index is 13.0. The minimum absolute atomic E-state index is 0.00427. The third-order valence-electron chi connectivity index (χ3n) is 4.97. The van der Waals surface area contributed by atoms with Crippen LogP contribution in [0.3, 0.4) is 0 Å². The first-order valence-electron chi connectivity index (χ1n) is 8.58. The Balaban J connectivity index is 1.83. The van der Waals surface area contributed by atoms with Crippen molar-refractivity contribution in [3.8, 4) is 5.75 Å². The quantitative estimate of drug-likeness (QED) is 0.846. The van der Waals surface area contributed by atoms with E-state index in [0.29, 0.717) is 15.6 Å². The SMILES string of the molecule is COc1ccc(C(=O)N(C)C2CCNCC2c2ccc(Cl)c(Cl)c2)cc1. The number of ether oxygens (including phenoxy) is 1. The van der Waals surface area contributed by atoms with E-state index in [2.05, 4.69) is 5.32 Å². The zero-order valence-electron chi connectivity index (χ0n) is 14.8. The second-order valence-corrected chi connectivity index (χ2v) is 7.30. The predicted molar refractivity (Wildman–Crippen MR) is 106 cm³/mol. The summed E-state index contributed by atoms with van der Waals surface area (Å²) in [5.41, 5.74) is 1.74. The second-order valence-electron chi connectivity index (χ2n) is 6.48. The van der Waals surface area contributed by atoms with Gasteiger partial charge < -0.3 is 15.0 Å². The predicted octanol–water partition coefficient (Wildman–Crippen LogP) is 4.22. The van der Waals surface area contributed by atoms with Crippen LogP contribution in [0.5, 0.6) is 5.75 Å². The number of methoxy groups -OCH3 is 1. The van der Waals surface area contributed by atoms with Crippen LogP contribution >= 0.6 is 23.2 Å². The van der Waals surface area contributed by atoms with E-state index in [1.165, 1.54) is 0 Å². The van der Waals surface area contributed by atoms with Gasteiger partial charge in [-0.3, -0.25) is 4.79 Å². The third kappa shape index (κ3) is 3.98. The van der Waals surface area contributed by atoms with Gasteiger partial charge in [-0.1, -0.05) is 29.3 Å². The van der Waals surface area contributed by atoms with E-state index in [0.717, 1.165) is 30.8 Å². The maximum Gasteiger partial charge on any atom is 0.253 e. The number of carbonyl (C=O) groups excluding carboxylic acids is 1. The molecule has 0 spiro atoms. The molecular formula is C20H22Cl2N2O2. The fraction of sp³-hybridized carbons (Fsp3) is 0.350. The topological polar surface area (TPSA) is 41.6 Å². The third-order valence-corrected chi connectivity index (χ3v) is 5.71. The molecule has 0 radical (unpaired) electrons. The van der Waals surface area contributed by atoms with Crippen LogP contribution in [0.2, 0.25) is 10.0 Å². The van der Waals surface area contributed by atoms with Gasteiger partial charge in [0.15, 0.2) is 0 Å². The molecule has 2 aromatic carbocycles. The van der Waals surface area contributed by atoms with Crippen molar-refractivity contribution >= 4 is 29.1 Å². The van der Waals surface area contributed by atoms with E-state index in [1.807, 2.05) is 30.1 Å². The lowest BCUT2D eigenvalue weighted by Gasteiger charge is -2.39. The molecule has 0 aromatic heterocycles. The van der Waals surface area contributed by atoms with E-state index in [-0.39, 0.29) is 17.9 Å². The van der Waals surface area contributed by atoms with Crippen molar-refractivity contribution in [2.24, 2.45) is 0 Å². The normalized spacial score (nSPS) is 19.8. The molecule has 0 bridgehead atoms. The van der Waals surface area contributed by atoms with Crippen LogP contribution in [0.1, 0.15) is 28.3 Å². The number of hydrogen-bond acceptors (Lipinski definition) is 3. The number of halogens is 2. The Kier molecular flexibility index (Phi) is 6.07. The number of nitrogens with one attached hydrogen (secondary N) is 1. The van der Waals surface area contributed by atoms with Crippen LogP contribution in [0.25, 0.3) is 0 Å². The Hall–Kier alpha value is -1.75. The zero-order valence-corrected chi connectivity index (χ0v) is 16.3. The Labute approximate surface area is 164 Å². The molecular weight excluding hydrogens is 371 g/mol. The molecule has 1 amide bonds. The standard InChI is InChI=1S/C20H22Cl2N2O2/c1-24(20(25)13-3-6-15(26-2)7-4-13)19-9-10-23-12-16(19)14-5-8-17(21)18(22)11-14/h3-8,11,16,19,23H,9-10,12H2,1-2H3. The van der Waals surface area contributed by atoms with Crippen molar-refractivity contribution < 1.29 is 9.53 Å². The lowest BCUT2D eigenvalue weighted by Crippen LogP contribution is -2.49. The minimum atomic E-state index is 0.00427. The highest BCUT2D eigenvalue weighted by Gasteiger charge is 2.32. The Morgan fingerprint density at radius 3 is 2.54 bits per heavy atom. The Morgan fingerprint density at radius 1 is 1.15 bits per heavy atom. The first-order chi connectivity index (χ1) is 12.5. The summed E-state index contributed by atoms with van der Waals surface area (Å²) < 4.78 is 5.16. The van der Waals surface area contributed by atoms with E-state index >= 15 is 0 Å². The fourth-order valence-corrected chi connectivity index (χ4v) is 3.79. The number of benzene rings is 2. The van der Waals surface area contributed by atoms with Crippen molar-refractivity contribution in [2.75, 3.05) is 27.2 Å². The summed E-state index contributed by atoms with van der Waals surface area (Å²) in [7, 11) is 3.48. The highest BCUT2D eigenvalue weighted by molar-refractivity contribution is 6.42. The first-order valence-corrected chi connectivity index (χ1v) is 9.33. The maximum atomic E-state index is 13.0. The molecule has 3 rings (SSSR count). The van der Waals surface area contributed by atoms with Crippen molar-refractivity contribution in [1.82, 2.24) is 10.2 Å². The fourth-order valence-electron chi connectivity index (χ4n) is 3.48. The summed E-state index contributed by atoms with van der Waals surface area (Å²) in [5.74, 6) is 0.898. The molecule has 1 aliphatic heterocycles. The summed E-state index contributed by atoms with van der Waals surface area (Å²) in [6.45, 7) is 1.67. The summed E-state index contributed by atoms with van der Waals surface area (Å²) in [6.07, 6.45) is 0.878. The Bertz CT molecular complexity index is 780. The largest absolute Gasteiger partial charge is 0.497 e. The monoisotopic (exact) mass is 392 g/mol. The molecule has 138 valence electrons. The molecule has 2 unspecified atom stereocenters. The first kappa shape index (κ1) is 19.0. The van der Waals surface area contributed by atoms with Crippen LogP contribution in [0.4, 0.5) is 0 Å². The molecule has 2 atom stereocenters. The lowest BCUT2D eigenvalue weighted by atomic mass is 9.85. The number of carbonyl (C=O) groups is 1. The summed E-state index contributed by atoms with van der Waals surface area (Å²) >= 11 is 12.3. The van der Waals surface area contributed by atoms with Gasteiger partial charge >= 0.3 is 0 Å². The van der Waals surface area contributed by atoms with Gasteiger partial charge in [-0.05, 0) is 54.9 Å². The van der Waals surface area contributed by atoms with Gasteiger partial charge in [-0.2, -0.15) is 0 Å². The number of nitrogens with zero attached hydrogens (tertiary/aromatic N) is 1. The average molecular weight is 393 g/mol. The molecule has 6 heteroatoms. The average Bonchev–Trinajstić information content (AvgIpc) is 2.69. The number of rotatable bonds is 4. The van der Waals surface area contributed by atoms with Crippen molar-refractivity contribution in [2.45, 2.75) is 18.4 Å². The van der Waals surface area contributed by atoms with E-state index in [4.69, 9.17) is 27.9 Å². The molecule has 0 saturated carbocycles. The molecule has 1 aliphatic rings. The van der Waals surface area contributed by atoms with Gasteiger partial charge in [0, 0.05) is 31.1 Å². The van der Waals surface area contributed by atoms with Gasteiger partial charge in [0.05, 0.1) is 17.2 Å². The molecule has 1 heterocycles. The zero-order chi connectivity index (χ0) is 18.7. The highest BCUT2D eigenvalue weighted by atomic mass is 35.5. The molecule has 2 aromatic rings. The van der Waals surface area contributed by atoms with Crippen molar-refractivity contribution in [1.29, 1.82) is 0 Å². The number of piperidine rings is 1. The van der Waals surface area contributed by atoms with Crippen LogP contribution in [-0.4, -0.2) is 44.1 Å². The molecule has 1 fully saturated rings. The van der Waals surface area contributed by atoms with Gasteiger partial charge in [-0.15, -0.1) is 0 Å². The second kappa shape index (κ2) is 8.30. The van der Waals surface area contributed by atoms with Crippen LogP contribution < -0.4 is 10.1 Å². The van der Waals surface area contributed by atoms with E-state index < -0.39 is 0 Å². The molecule has 26 heavy (non-hydrogen) atoms. The van der Waals surface area contributed by atoms with Crippen molar-refractivity contribution in [3.63, 3.8) is 0 Å². The van der Waals surface area contributed by atoms with E-state index in [1.54, 1.807) is 31.4 Å². The van der Waals surface area contributed by atoms with Gasteiger partial charge in [0.2, 0.25) is 0 Å². The summed E-state index contributed by atoms with van der Waals surface area (Å²) in [6, 6.07) is 13.0. The Morgan fingerprint density at radius 2 is 1.88 bits per heavy atom. The van der Waals surface area contributed by atoms with Crippen molar-refractivity contribution in [3.05, 3.63) is 63.6 Å². The minimum Gasteiger partial charge on any atom is -0.497 e. The van der Waals surface area contributed by atoms with Gasteiger partial charge in [0.1, 0.15) is 5.75 Å². The molecule has 1 N–H and O–H groups in total. The number of amides is 1. The van der Waals surface area contributed by atoms with Crippen LogP contribution in [0, 0.1) is 0 Å². The van der Waals surface area contributed by atoms with Crippen LogP contribution in [-0.2, 0) is 0 Å². The van der Waals surface area contributed by atoms with E-state index in [9.17, 15) is 4.79 Å². The van der Waals surface area contributed by atoms with Gasteiger partial charge in [-0.25, -0.2) is 0 Å². The molecule has 1 saturated heterocycles. The number of likely N-dealkylation sites (N-methyl/N-ethyl adjacent to an activating group) is 1. The summed E-state index contributed by atoms with van der Waals surface area (Å²) in [5, 5.41) is 4.50. The lowest BCUT2D eigenvalue weighted by molar-refractivity contribution is 0.0679. The number of hydrogen-bond donors (Lipinski definition) is 1. The van der Waals surface area contributed by atoms with Gasteiger partial charge in [0.25, 0.3) is 5.91 Å². The van der Waals surface area contributed by atoms with Crippen LogP contribution in [0.15, 0.2) is 42.5 Å².